The smallest absolute Gasteiger partial charge is 0.346 e. The van der Waals surface area contributed by atoms with Crippen molar-refractivity contribution in [2.45, 2.75) is 12.2 Å². The third-order valence-corrected chi connectivity index (χ3v) is 7.53. The Morgan fingerprint density at radius 3 is 2.72 bits per heavy atom. The number of carbonyl (C=O) groups excluding carboxylic acids is 2. The number of carbonyl (C=O) groups is 2. The summed E-state index contributed by atoms with van der Waals surface area (Å²) in [5.41, 5.74) is 6.50. The van der Waals surface area contributed by atoms with Crippen LogP contribution in [-0.2, 0) is 9.53 Å². The van der Waals surface area contributed by atoms with Gasteiger partial charge in [0.05, 0.1) is 17.6 Å². The summed E-state index contributed by atoms with van der Waals surface area (Å²) in [4.78, 5) is 28.1. The maximum absolute atomic E-state index is 13.4. The molecular weight excluding hydrogens is 426 g/mol. The lowest BCUT2D eigenvalue weighted by Crippen LogP contribution is -2.42. The number of ether oxygens (including phenoxy) is 1. The highest BCUT2D eigenvalue weighted by Gasteiger charge is 2.37. The third-order valence-electron chi connectivity index (χ3n) is 4.34. The molecule has 2 N–H and O–H groups in total. The van der Waals surface area contributed by atoms with Crippen LogP contribution in [0.5, 0.6) is 0 Å². The predicted molar refractivity (Wildman–Crippen MR) is 116 cm³/mol. The number of hydrogen-bond acceptors (Lipinski definition) is 8. The number of nitriles is 1. The van der Waals surface area contributed by atoms with E-state index < -0.39 is 11.2 Å². The van der Waals surface area contributed by atoms with E-state index in [0.29, 0.717) is 10.6 Å². The fraction of sp³-hybridized carbons (Fsp3) is 0.150. The van der Waals surface area contributed by atoms with Crippen molar-refractivity contribution in [2.75, 3.05) is 12.3 Å². The van der Waals surface area contributed by atoms with E-state index in [2.05, 4.69) is 0 Å². The Balaban J connectivity index is 2.09. The normalized spacial score (nSPS) is 16.6. The molecule has 3 aromatic rings. The number of rotatable bonds is 4. The van der Waals surface area contributed by atoms with Crippen molar-refractivity contribution >= 4 is 63.0 Å². The number of thioether (sulfide) groups is 1. The number of thiophene rings is 2. The van der Waals surface area contributed by atoms with Gasteiger partial charge < -0.3 is 10.5 Å². The van der Waals surface area contributed by atoms with Crippen LogP contribution in [-0.4, -0.2) is 23.1 Å². The van der Waals surface area contributed by atoms with Crippen LogP contribution in [0, 0.1) is 11.3 Å². The maximum atomic E-state index is 13.4. The first-order chi connectivity index (χ1) is 14.1. The van der Waals surface area contributed by atoms with Crippen LogP contribution >= 0.6 is 34.4 Å². The van der Waals surface area contributed by atoms with Crippen LogP contribution in [0.1, 0.15) is 32.4 Å². The first-order valence-corrected chi connectivity index (χ1v) is 11.3. The van der Waals surface area contributed by atoms with Crippen LogP contribution in [0.4, 0.5) is 5.69 Å². The van der Waals surface area contributed by atoms with Crippen molar-refractivity contribution < 1.29 is 14.3 Å². The van der Waals surface area contributed by atoms with Gasteiger partial charge in [-0.2, -0.15) is 5.26 Å². The van der Waals surface area contributed by atoms with Gasteiger partial charge in [0.25, 0.3) is 5.91 Å². The Hall–Kier alpha value is -2.80. The standard InChI is InChI=1S/C20H15N3O3S3/c1-2-26-20(25)18-16-12(9-11-5-3-7-27-11)15(22)13(10-21)23(16)19(24)17(29-18)14-6-4-8-28-14/h3-9,17H,2,22H2,1H3/b12-9+/t17-/m1/s1. The van der Waals surface area contributed by atoms with Crippen molar-refractivity contribution in [3.05, 3.63) is 61.0 Å². The molecule has 1 aliphatic rings. The Morgan fingerprint density at radius 1 is 1.34 bits per heavy atom. The minimum absolute atomic E-state index is 0.0384. The number of esters is 1. The molecule has 9 heteroatoms. The van der Waals surface area contributed by atoms with E-state index >= 15 is 0 Å². The van der Waals surface area contributed by atoms with Gasteiger partial charge in [-0.3, -0.25) is 9.36 Å². The van der Waals surface area contributed by atoms with Crippen LogP contribution in [0.25, 0.3) is 11.0 Å². The van der Waals surface area contributed by atoms with Crippen LogP contribution in [0.15, 0.2) is 35.0 Å². The topological polar surface area (TPSA) is 98.1 Å². The van der Waals surface area contributed by atoms with E-state index in [1.54, 1.807) is 13.0 Å². The minimum atomic E-state index is -0.643. The number of hydrogen-bond donors (Lipinski definition) is 1. The van der Waals surface area contributed by atoms with Crippen molar-refractivity contribution in [3.63, 3.8) is 0 Å². The van der Waals surface area contributed by atoms with E-state index in [1.165, 1.54) is 27.2 Å². The second kappa shape index (κ2) is 7.91. The largest absolute Gasteiger partial charge is 0.462 e. The molecule has 0 saturated carbocycles. The first-order valence-electron chi connectivity index (χ1n) is 8.68. The van der Waals surface area contributed by atoms with Gasteiger partial charge in [0.15, 0.2) is 5.69 Å². The number of nitrogens with two attached hydrogens (primary N) is 1. The summed E-state index contributed by atoms with van der Waals surface area (Å²) in [5, 5.41) is 13.7. The van der Waals surface area contributed by atoms with Crippen molar-refractivity contribution in [3.8, 4) is 6.07 Å². The van der Waals surface area contributed by atoms with E-state index in [0.717, 1.165) is 21.5 Å². The average molecular weight is 442 g/mol. The summed E-state index contributed by atoms with van der Waals surface area (Å²) in [6.45, 7) is 1.92. The molecule has 0 fully saturated rings. The van der Waals surface area contributed by atoms with Crippen LogP contribution < -0.4 is 16.3 Å². The fourth-order valence-electron chi connectivity index (χ4n) is 3.13. The predicted octanol–water partition coefficient (Wildman–Crippen LogP) is 2.69. The molecule has 0 amide bonds. The Bertz CT molecular complexity index is 1250. The highest BCUT2D eigenvalue weighted by molar-refractivity contribution is 8.10. The van der Waals surface area contributed by atoms with Crippen LogP contribution in [0.2, 0.25) is 0 Å². The molecule has 0 radical (unpaired) electrons. The van der Waals surface area contributed by atoms with Gasteiger partial charge in [0.2, 0.25) is 0 Å². The van der Waals surface area contributed by atoms with E-state index in [-0.39, 0.29) is 28.8 Å². The quantitative estimate of drug-likeness (QED) is 0.625. The number of fused-ring (bicyclic) bond motifs is 1. The van der Waals surface area contributed by atoms with E-state index in [9.17, 15) is 14.9 Å². The lowest BCUT2D eigenvalue weighted by atomic mass is 10.2. The Kier molecular flexibility index (Phi) is 5.32. The number of aromatic nitrogens is 1. The Labute approximate surface area is 178 Å². The molecule has 3 aromatic heterocycles. The molecule has 0 spiro atoms. The van der Waals surface area contributed by atoms with E-state index in [4.69, 9.17) is 10.5 Å². The summed E-state index contributed by atoms with van der Waals surface area (Å²) in [6, 6.07) is 9.52. The van der Waals surface area contributed by atoms with Crippen molar-refractivity contribution in [2.24, 2.45) is 0 Å². The zero-order chi connectivity index (χ0) is 20.5. The van der Waals surface area contributed by atoms with Gasteiger partial charge in [-0.05, 0) is 35.9 Å². The molecule has 6 nitrogen and oxygen atoms in total. The van der Waals surface area contributed by atoms with Gasteiger partial charge in [-0.25, -0.2) is 4.79 Å². The second-order valence-corrected chi connectivity index (χ2v) is 9.11. The van der Waals surface area contributed by atoms with E-state index in [1.807, 2.05) is 41.1 Å². The van der Waals surface area contributed by atoms with Gasteiger partial charge in [-0.1, -0.05) is 23.9 Å². The zero-order valence-electron chi connectivity index (χ0n) is 15.2. The highest BCUT2D eigenvalue weighted by Crippen LogP contribution is 2.41. The summed E-state index contributed by atoms with van der Waals surface area (Å²) >= 11 is 4.06. The zero-order valence-corrected chi connectivity index (χ0v) is 17.7. The number of anilines is 1. The molecule has 146 valence electrons. The Morgan fingerprint density at radius 2 is 2.10 bits per heavy atom. The van der Waals surface area contributed by atoms with Crippen molar-refractivity contribution in [1.29, 1.82) is 5.26 Å². The third kappa shape index (κ3) is 3.29. The number of nitrogens with zero attached hydrogens (tertiary/aromatic N) is 2. The van der Waals surface area contributed by atoms with Crippen LogP contribution in [0.3, 0.4) is 0 Å². The summed E-state index contributed by atoms with van der Waals surface area (Å²) < 4.78 is 6.54. The number of nitrogen functional groups attached to an aromatic ring is 1. The lowest BCUT2D eigenvalue weighted by molar-refractivity contribution is -0.135. The molecule has 4 rings (SSSR count). The van der Waals surface area contributed by atoms with Gasteiger partial charge in [-0.15, -0.1) is 22.7 Å². The molecule has 29 heavy (non-hydrogen) atoms. The molecule has 4 heterocycles. The fourth-order valence-corrected chi connectivity index (χ4v) is 5.90. The maximum Gasteiger partial charge on any atom is 0.346 e. The summed E-state index contributed by atoms with van der Waals surface area (Å²) in [5.74, 6) is -0.829. The monoisotopic (exact) mass is 441 g/mol. The minimum Gasteiger partial charge on any atom is -0.462 e. The molecule has 0 aromatic carbocycles. The second-order valence-electron chi connectivity index (χ2n) is 6.03. The molecule has 0 saturated heterocycles. The van der Waals surface area contributed by atoms with Gasteiger partial charge in [0.1, 0.15) is 16.2 Å². The lowest BCUT2D eigenvalue weighted by Gasteiger charge is -2.21. The van der Waals surface area contributed by atoms with Gasteiger partial charge >= 0.3 is 5.97 Å². The van der Waals surface area contributed by atoms with Gasteiger partial charge in [0, 0.05) is 15.0 Å². The molecule has 0 bridgehead atoms. The first kappa shape index (κ1) is 19.5. The SMILES string of the molecule is CCOC(=O)C1=c2/c(=C/c3cccs3)c(N)c(C#N)n2C(=O)[C@@H](c2cccs2)S1. The highest BCUT2D eigenvalue weighted by atomic mass is 32.2. The molecule has 1 atom stereocenters. The summed E-state index contributed by atoms with van der Waals surface area (Å²) in [7, 11) is 0. The molecule has 1 aliphatic heterocycles. The van der Waals surface area contributed by atoms with Crippen molar-refractivity contribution in [1.82, 2.24) is 4.57 Å². The molecule has 0 unspecified atom stereocenters. The molecular formula is C20H15N3O3S3. The summed E-state index contributed by atoms with van der Waals surface area (Å²) in [6.07, 6.45) is 1.80. The average Bonchev–Trinajstić information content (AvgIpc) is 3.45. The molecule has 0 aliphatic carbocycles.